The predicted molar refractivity (Wildman–Crippen MR) is 87.4 cm³/mol. The van der Waals surface area contributed by atoms with Gasteiger partial charge in [0.1, 0.15) is 5.60 Å². The molecule has 1 aliphatic heterocycles. The molecule has 2 amide bonds. The number of rotatable bonds is 4. The van der Waals surface area contributed by atoms with Crippen molar-refractivity contribution in [3.63, 3.8) is 0 Å². The smallest absolute Gasteiger partial charge is 0.407 e. The Hall–Kier alpha value is -2.08. The van der Waals surface area contributed by atoms with Crippen molar-refractivity contribution in [3.8, 4) is 0 Å². The molecule has 1 fully saturated rings. The number of nitrogens with zero attached hydrogens (tertiary/aromatic N) is 1. The molecule has 1 aromatic carbocycles. The Morgan fingerprint density at radius 1 is 1.35 bits per heavy atom. The molecule has 1 atom stereocenters. The number of benzene rings is 1. The first-order chi connectivity index (χ1) is 10.7. The van der Waals surface area contributed by atoms with E-state index in [4.69, 9.17) is 4.74 Å². The van der Waals surface area contributed by atoms with Gasteiger partial charge in [0, 0.05) is 12.2 Å². The number of nitrogens with one attached hydrogen (secondary N) is 1. The first-order valence-corrected chi connectivity index (χ1v) is 7.79. The first kappa shape index (κ1) is 17.3. The average Bonchev–Trinajstić information content (AvgIpc) is 2.76. The monoisotopic (exact) mass is 320 g/mol. The number of ether oxygens (including phenoxy) is 1. The third-order valence-corrected chi connectivity index (χ3v) is 3.43. The number of hydrogen-bond donors (Lipinski definition) is 2. The Bertz CT molecular complexity index is 563. The van der Waals surface area contributed by atoms with Crippen LogP contribution in [0.25, 0.3) is 0 Å². The fourth-order valence-electron chi connectivity index (χ4n) is 2.40. The summed E-state index contributed by atoms with van der Waals surface area (Å²) in [4.78, 5) is 24.9. The Morgan fingerprint density at radius 3 is 2.52 bits per heavy atom. The van der Waals surface area contributed by atoms with Gasteiger partial charge in [0.15, 0.2) is 0 Å². The lowest BCUT2D eigenvalue weighted by Crippen LogP contribution is -2.33. The van der Waals surface area contributed by atoms with Crippen molar-refractivity contribution >= 4 is 17.7 Å². The third kappa shape index (κ3) is 5.25. The molecule has 23 heavy (non-hydrogen) atoms. The van der Waals surface area contributed by atoms with Crippen molar-refractivity contribution in [2.45, 2.75) is 45.3 Å². The SMILES string of the molecule is CC(C)(C)OC(=O)NCCc1ccc(N2CC(O)CC2=O)cc1. The van der Waals surface area contributed by atoms with Gasteiger partial charge in [-0.25, -0.2) is 4.79 Å². The molecule has 0 aliphatic carbocycles. The summed E-state index contributed by atoms with van der Waals surface area (Å²) >= 11 is 0. The number of carbonyl (C=O) groups is 2. The van der Waals surface area contributed by atoms with Crippen molar-refractivity contribution in [3.05, 3.63) is 29.8 Å². The maximum Gasteiger partial charge on any atom is 0.407 e. The van der Waals surface area contributed by atoms with Gasteiger partial charge in [0.2, 0.25) is 5.91 Å². The van der Waals surface area contributed by atoms with Crippen molar-refractivity contribution in [1.29, 1.82) is 0 Å². The maximum absolute atomic E-state index is 11.7. The van der Waals surface area contributed by atoms with Gasteiger partial charge in [-0.05, 0) is 44.9 Å². The molecule has 1 aromatic rings. The molecule has 2 N–H and O–H groups in total. The van der Waals surface area contributed by atoms with Gasteiger partial charge in [0.05, 0.1) is 19.1 Å². The van der Waals surface area contributed by atoms with Crippen molar-refractivity contribution in [2.24, 2.45) is 0 Å². The number of amides is 2. The zero-order valence-electron chi connectivity index (χ0n) is 13.8. The Morgan fingerprint density at radius 2 is 2.00 bits per heavy atom. The molecule has 1 saturated heterocycles. The normalized spacial score (nSPS) is 18.2. The summed E-state index contributed by atoms with van der Waals surface area (Å²) in [6.45, 7) is 6.29. The highest BCUT2D eigenvalue weighted by molar-refractivity contribution is 5.96. The molecular weight excluding hydrogens is 296 g/mol. The van der Waals surface area contributed by atoms with Crippen molar-refractivity contribution < 1.29 is 19.4 Å². The van der Waals surface area contributed by atoms with Gasteiger partial charge in [-0.2, -0.15) is 0 Å². The van der Waals surface area contributed by atoms with Crippen LogP contribution in [0.5, 0.6) is 0 Å². The second kappa shape index (κ2) is 7.00. The van der Waals surface area contributed by atoms with E-state index in [0.29, 0.717) is 19.5 Å². The average molecular weight is 320 g/mol. The van der Waals surface area contributed by atoms with E-state index in [9.17, 15) is 14.7 Å². The fraction of sp³-hybridized carbons (Fsp3) is 0.529. The maximum atomic E-state index is 11.7. The van der Waals surface area contributed by atoms with Crippen LogP contribution in [0.2, 0.25) is 0 Å². The van der Waals surface area contributed by atoms with Crippen LogP contribution >= 0.6 is 0 Å². The minimum Gasteiger partial charge on any atom is -0.444 e. The number of aliphatic hydroxyl groups excluding tert-OH is 1. The van der Waals surface area contributed by atoms with E-state index in [-0.39, 0.29) is 12.3 Å². The van der Waals surface area contributed by atoms with Crippen molar-refractivity contribution in [1.82, 2.24) is 5.32 Å². The van der Waals surface area contributed by atoms with Crippen LogP contribution in [-0.2, 0) is 16.0 Å². The highest BCUT2D eigenvalue weighted by atomic mass is 16.6. The number of anilines is 1. The molecule has 2 rings (SSSR count). The number of alkyl carbamates (subject to hydrolysis) is 1. The molecule has 1 heterocycles. The van der Waals surface area contributed by atoms with E-state index in [0.717, 1.165) is 11.3 Å². The van der Waals surface area contributed by atoms with Gasteiger partial charge in [-0.1, -0.05) is 12.1 Å². The van der Waals surface area contributed by atoms with E-state index in [1.54, 1.807) is 4.90 Å². The van der Waals surface area contributed by atoms with Crippen LogP contribution in [0, 0.1) is 0 Å². The molecule has 6 heteroatoms. The fourth-order valence-corrected chi connectivity index (χ4v) is 2.40. The lowest BCUT2D eigenvalue weighted by atomic mass is 10.1. The quantitative estimate of drug-likeness (QED) is 0.887. The van der Waals surface area contributed by atoms with Crippen LogP contribution in [0.4, 0.5) is 10.5 Å². The van der Waals surface area contributed by atoms with Gasteiger partial charge in [0.25, 0.3) is 0 Å². The van der Waals surface area contributed by atoms with E-state index in [1.165, 1.54) is 0 Å². The molecule has 126 valence electrons. The molecule has 0 aromatic heterocycles. The highest BCUT2D eigenvalue weighted by Gasteiger charge is 2.28. The Kier molecular flexibility index (Phi) is 5.26. The van der Waals surface area contributed by atoms with E-state index in [2.05, 4.69) is 5.32 Å². The number of hydrogen-bond acceptors (Lipinski definition) is 4. The first-order valence-electron chi connectivity index (χ1n) is 7.79. The molecular formula is C17H24N2O4. The summed E-state index contributed by atoms with van der Waals surface area (Å²) in [5, 5.41) is 12.2. The molecule has 0 spiro atoms. The summed E-state index contributed by atoms with van der Waals surface area (Å²) in [7, 11) is 0. The van der Waals surface area contributed by atoms with Crippen LogP contribution in [0.3, 0.4) is 0 Å². The standard InChI is InChI=1S/C17H24N2O4/c1-17(2,3)23-16(22)18-9-8-12-4-6-13(7-5-12)19-11-14(20)10-15(19)21/h4-7,14,20H,8-11H2,1-3H3,(H,18,22). The number of carbonyl (C=O) groups excluding carboxylic acids is 2. The zero-order chi connectivity index (χ0) is 17.0. The van der Waals surface area contributed by atoms with Gasteiger partial charge >= 0.3 is 6.09 Å². The van der Waals surface area contributed by atoms with E-state index in [1.807, 2.05) is 45.0 Å². The minimum absolute atomic E-state index is 0.0585. The minimum atomic E-state index is -0.583. The summed E-state index contributed by atoms with van der Waals surface area (Å²) in [6, 6.07) is 7.56. The Labute approximate surface area is 136 Å². The highest BCUT2D eigenvalue weighted by Crippen LogP contribution is 2.22. The molecule has 1 unspecified atom stereocenters. The van der Waals surface area contributed by atoms with Crippen LogP contribution in [0.15, 0.2) is 24.3 Å². The van der Waals surface area contributed by atoms with Gasteiger partial charge < -0.3 is 20.1 Å². The van der Waals surface area contributed by atoms with Crippen LogP contribution in [-0.4, -0.2) is 41.9 Å². The molecule has 0 saturated carbocycles. The molecule has 0 radical (unpaired) electrons. The Balaban J connectivity index is 1.82. The molecule has 1 aliphatic rings. The molecule has 0 bridgehead atoms. The van der Waals surface area contributed by atoms with Gasteiger partial charge in [-0.3, -0.25) is 4.79 Å². The predicted octanol–water partition coefficient (Wildman–Crippen LogP) is 1.85. The lowest BCUT2D eigenvalue weighted by Gasteiger charge is -2.19. The summed E-state index contributed by atoms with van der Waals surface area (Å²) < 4.78 is 5.17. The van der Waals surface area contributed by atoms with E-state index < -0.39 is 17.8 Å². The topological polar surface area (TPSA) is 78.9 Å². The number of aliphatic hydroxyl groups is 1. The molecule has 6 nitrogen and oxygen atoms in total. The summed E-state index contributed by atoms with van der Waals surface area (Å²) in [6.07, 6.45) is -0.150. The largest absolute Gasteiger partial charge is 0.444 e. The summed E-state index contributed by atoms with van der Waals surface area (Å²) in [5.74, 6) is -0.0585. The third-order valence-electron chi connectivity index (χ3n) is 3.43. The van der Waals surface area contributed by atoms with Crippen molar-refractivity contribution in [2.75, 3.05) is 18.0 Å². The lowest BCUT2D eigenvalue weighted by molar-refractivity contribution is -0.117. The second-order valence-electron chi connectivity index (χ2n) is 6.71. The van der Waals surface area contributed by atoms with Gasteiger partial charge in [-0.15, -0.1) is 0 Å². The zero-order valence-corrected chi connectivity index (χ0v) is 13.8. The van der Waals surface area contributed by atoms with E-state index >= 15 is 0 Å². The summed E-state index contributed by atoms with van der Waals surface area (Å²) in [5.41, 5.74) is 1.34. The van der Waals surface area contributed by atoms with Crippen LogP contribution in [0.1, 0.15) is 32.8 Å². The number of β-amino-alcohol motifs (C(OH)–C–C–N with tert-alkyl or cyclic N) is 1. The second-order valence-corrected chi connectivity index (χ2v) is 6.71. The van der Waals surface area contributed by atoms with Crippen LogP contribution < -0.4 is 10.2 Å².